The summed E-state index contributed by atoms with van der Waals surface area (Å²) < 4.78 is -0.750. The first-order chi connectivity index (χ1) is 11.0. The smallest absolute Gasteiger partial charge is 0.0874 e. The Morgan fingerprint density at radius 1 is 0.652 bits per heavy atom. The van der Waals surface area contributed by atoms with Gasteiger partial charge in [-0.05, 0) is 36.1 Å². The van der Waals surface area contributed by atoms with Crippen LogP contribution >= 0.6 is 34.8 Å². The molecule has 1 aliphatic rings. The molecular formula is C19H19Cl3Si. The third-order valence-electron chi connectivity index (χ3n) is 4.07. The highest BCUT2D eigenvalue weighted by Crippen LogP contribution is 2.36. The van der Waals surface area contributed by atoms with Crippen LogP contribution in [0, 0.1) is 0 Å². The van der Waals surface area contributed by atoms with Gasteiger partial charge in [-0.15, -0.1) is 0 Å². The molecule has 2 aromatic carbocycles. The Hall–Kier alpha value is -0.993. The molecule has 0 fully saturated rings. The van der Waals surface area contributed by atoms with E-state index < -0.39 is 4.30 Å². The molecule has 3 rings (SSSR count). The zero-order valence-corrected chi connectivity index (χ0v) is 16.9. The number of rotatable bonds is 2. The lowest BCUT2D eigenvalue weighted by molar-refractivity contribution is 1.38. The fourth-order valence-corrected chi connectivity index (χ4v) is 5.10. The van der Waals surface area contributed by atoms with Crippen LogP contribution in [-0.4, -0.2) is 13.8 Å². The Labute approximate surface area is 155 Å². The van der Waals surface area contributed by atoms with E-state index in [-0.39, 0.29) is 9.52 Å². The zero-order chi connectivity index (χ0) is 16.8. The van der Waals surface area contributed by atoms with Crippen molar-refractivity contribution in [2.24, 2.45) is 0 Å². The molecule has 0 bridgehead atoms. The number of hydrogen-bond donors (Lipinski definition) is 0. The van der Waals surface area contributed by atoms with Gasteiger partial charge in [0.2, 0.25) is 0 Å². The monoisotopic (exact) mass is 380 g/mol. The van der Waals surface area contributed by atoms with Crippen molar-refractivity contribution < 1.29 is 0 Å². The number of halogens is 3. The van der Waals surface area contributed by atoms with E-state index in [1.807, 2.05) is 0 Å². The zero-order valence-electron chi connectivity index (χ0n) is 13.2. The van der Waals surface area contributed by atoms with E-state index in [9.17, 15) is 0 Å². The van der Waals surface area contributed by atoms with Crippen LogP contribution in [0.3, 0.4) is 0 Å². The second-order valence-corrected chi connectivity index (χ2v) is 9.11. The lowest BCUT2D eigenvalue weighted by Gasteiger charge is -2.06. The van der Waals surface area contributed by atoms with Crippen molar-refractivity contribution in [3.63, 3.8) is 0 Å². The maximum atomic E-state index is 4.81. The lowest BCUT2D eigenvalue weighted by Crippen LogP contribution is -1.96. The van der Waals surface area contributed by atoms with Crippen molar-refractivity contribution in [1.82, 2.24) is 0 Å². The van der Waals surface area contributed by atoms with E-state index in [2.05, 4.69) is 74.5 Å². The van der Waals surface area contributed by atoms with Gasteiger partial charge in [0.1, 0.15) is 0 Å². The number of benzene rings is 2. The van der Waals surface area contributed by atoms with Crippen molar-refractivity contribution in [3.8, 4) is 0 Å². The van der Waals surface area contributed by atoms with E-state index in [1.165, 1.54) is 22.3 Å². The summed E-state index contributed by atoms with van der Waals surface area (Å²) in [5.74, 6) is 0. The second-order valence-electron chi connectivity index (χ2n) is 5.36. The van der Waals surface area contributed by atoms with Gasteiger partial charge in [-0.25, -0.2) is 0 Å². The third-order valence-corrected chi connectivity index (χ3v) is 6.65. The number of alkyl halides is 3. The van der Waals surface area contributed by atoms with E-state index >= 15 is 0 Å². The van der Waals surface area contributed by atoms with Crippen LogP contribution in [0.25, 0.3) is 10.4 Å². The standard InChI is InChI=1S/C18H18Si.CHCl3/c1-13-14(2)18(16-11-7-4-8-12-16)19-17(13)15-9-5-3-6-10-15;2-1(3)4/h3-12H,19H2,1-2H3;1H. The largest absolute Gasteiger partial charge is 0.180 e. The average molecular weight is 382 g/mol. The maximum absolute atomic E-state index is 4.81. The molecule has 0 atom stereocenters. The van der Waals surface area contributed by atoms with Crippen molar-refractivity contribution in [3.05, 3.63) is 82.9 Å². The summed E-state index contributed by atoms with van der Waals surface area (Å²) in [5.41, 5.74) is 5.82. The van der Waals surface area contributed by atoms with Gasteiger partial charge in [0.25, 0.3) is 0 Å². The predicted molar refractivity (Wildman–Crippen MR) is 108 cm³/mol. The minimum absolute atomic E-state index is 0.361. The van der Waals surface area contributed by atoms with E-state index in [0.29, 0.717) is 0 Å². The first-order valence-corrected chi connectivity index (χ1v) is 10.2. The molecule has 0 amide bonds. The molecule has 1 heterocycles. The van der Waals surface area contributed by atoms with Crippen LogP contribution in [0.5, 0.6) is 0 Å². The molecule has 0 radical (unpaired) electrons. The Morgan fingerprint density at radius 2 is 0.957 bits per heavy atom. The first-order valence-electron chi connectivity index (χ1n) is 7.43. The molecular weight excluding hydrogens is 363 g/mol. The Balaban J connectivity index is 0.000000433. The number of allylic oxidation sites excluding steroid dienone is 2. The van der Waals surface area contributed by atoms with Gasteiger partial charge in [0.15, 0.2) is 4.30 Å². The Bertz CT molecular complexity index is 642. The first kappa shape index (κ1) is 18.3. The highest BCUT2D eigenvalue weighted by Gasteiger charge is 2.20. The summed E-state index contributed by atoms with van der Waals surface area (Å²) in [6.45, 7) is 4.56. The molecule has 0 spiro atoms. The van der Waals surface area contributed by atoms with Gasteiger partial charge in [0.05, 0.1) is 9.52 Å². The van der Waals surface area contributed by atoms with Gasteiger partial charge in [0, 0.05) is 0 Å². The van der Waals surface area contributed by atoms with Crippen LogP contribution in [0.4, 0.5) is 0 Å². The van der Waals surface area contributed by atoms with Crippen molar-refractivity contribution in [2.45, 2.75) is 18.1 Å². The lowest BCUT2D eigenvalue weighted by atomic mass is 10.0. The van der Waals surface area contributed by atoms with Crippen LogP contribution in [0.1, 0.15) is 25.0 Å². The van der Waals surface area contributed by atoms with Crippen LogP contribution in [0.15, 0.2) is 71.8 Å². The fourth-order valence-electron chi connectivity index (χ4n) is 2.81. The topological polar surface area (TPSA) is 0 Å². The van der Waals surface area contributed by atoms with Crippen LogP contribution < -0.4 is 0 Å². The van der Waals surface area contributed by atoms with E-state index in [1.54, 1.807) is 10.4 Å². The van der Waals surface area contributed by atoms with Crippen LogP contribution in [-0.2, 0) is 0 Å². The molecule has 0 aromatic heterocycles. The van der Waals surface area contributed by atoms with E-state index in [4.69, 9.17) is 34.8 Å². The van der Waals surface area contributed by atoms with Gasteiger partial charge in [-0.3, -0.25) is 0 Å². The van der Waals surface area contributed by atoms with Crippen molar-refractivity contribution >= 4 is 54.7 Å². The molecule has 0 saturated carbocycles. The van der Waals surface area contributed by atoms with Gasteiger partial charge < -0.3 is 0 Å². The van der Waals surface area contributed by atoms with Gasteiger partial charge >= 0.3 is 0 Å². The normalized spacial score (nSPS) is 14.2. The molecule has 0 aliphatic carbocycles. The van der Waals surface area contributed by atoms with Gasteiger partial charge in [-0.1, -0.05) is 106 Å². The highest BCUT2D eigenvalue weighted by atomic mass is 35.6. The predicted octanol–water partition coefficient (Wildman–Crippen LogP) is 6.02. The van der Waals surface area contributed by atoms with Crippen LogP contribution in [0.2, 0.25) is 0 Å². The minimum Gasteiger partial charge on any atom is -0.0874 e. The molecule has 0 saturated heterocycles. The molecule has 4 heteroatoms. The SMILES string of the molecule is CC1=C(c2ccccc2)[SiH2]C(c2ccccc2)=C1C.ClC(Cl)Cl. The minimum atomic E-state index is -0.750. The van der Waals surface area contributed by atoms with Crippen molar-refractivity contribution in [2.75, 3.05) is 0 Å². The molecule has 0 N–H and O–H groups in total. The summed E-state index contributed by atoms with van der Waals surface area (Å²) in [6.07, 6.45) is 0. The Morgan fingerprint density at radius 3 is 1.26 bits per heavy atom. The fraction of sp³-hybridized carbons (Fsp3) is 0.158. The van der Waals surface area contributed by atoms with E-state index in [0.717, 1.165) is 0 Å². The van der Waals surface area contributed by atoms with Crippen molar-refractivity contribution in [1.29, 1.82) is 0 Å². The molecule has 1 aliphatic heterocycles. The molecule has 120 valence electrons. The maximum Gasteiger partial charge on any atom is 0.180 e. The summed E-state index contributed by atoms with van der Waals surface area (Å²) in [4.78, 5) is 0. The quantitative estimate of drug-likeness (QED) is 0.441. The summed E-state index contributed by atoms with van der Waals surface area (Å²) in [6, 6.07) is 21.7. The molecule has 2 aromatic rings. The summed E-state index contributed by atoms with van der Waals surface area (Å²) in [5, 5.41) is 3.22. The molecule has 0 unspecified atom stereocenters. The third kappa shape index (κ3) is 4.99. The highest BCUT2D eigenvalue weighted by molar-refractivity contribution is 6.81. The molecule has 23 heavy (non-hydrogen) atoms. The Kier molecular flexibility index (Phi) is 6.98. The molecule has 0 nitrogen and oxygen atoms in total. The average Bonchev–Trinajstić information content (AvgIpc) is 2.85. The summed E-state index contributed by atoms with van der Waals surface area (Å²) >= 11 is 14.4. The second kappa shape index (κ2) is 8.75. The van der Waals surface area contributed by atoms with Gasteiger partial charge in [-0.2, -0.15) is 0 Å². The summed E-state index contributed by atoms with van der Waals surface area (Å²) in [7, 11) is -0.361. The number of hydrogen-bond acceptors (Lipinski definition) is 0.